The fourth-order valence-corrected chi connectivity index (χ4v) is 1.87. The molecule has 1 aromatic rings. The Balaban J connectivity index is 1.81. The number of nitrogens with zero attached hydrogens (tertiary/aromatic N) is 2. The molecule has 0 amide bonds. The molecule has 5 heteroatoms. The molecule has 0 saturated carbocycles. The van der Waals surface area contributed by atoms with Crippen LogP contribution in [0.5, 0.6) is 0 Å². The second-order valence-corrected chi connectivity index (χ2v) is 4.12. The van der Waals surface area contributed by atoms with Gasteiger partial charge >= 0.3 is 0 Å². The molecule has 0 radical (unpaired) electrons. The van der Waals surface area contributed by atoms with E-state index in [1.54, 1.807) is 12.3 Å². The van der Waals surface area contributed by atoms with Crippen LogP contribution in [-0.4, -0.2) is 29.1 Å². The van der Waals surface area contributed by atoms with Gasteiger partial charge in [-0.15, -0.1) is 0 Å². The molecular weight excluding hydrogens is 212 g/mol. The summed E-state index contributed by atoms with van der Waals surface area (Å²) in [6.45, 7) is 1.98. The van der Waals surface area contributed by atoms with E-state index in [2.05, 4.69) is 20.6 Å². The largest absolute Gasteiger partial charge is 0.353 e. The lowest BCUT2D eigenvalue weighted by atomic mass is 10.1. The van der Waals surface area contributed by atoms with Crippen LogP contribution >= 0.6 is 11.6 Å². The van der Waals surface area contributed by atoms with Gasteiger partial charge in [0.05, 0.1) is 0 Å². The van der Waals surface area contributed by atoms with Gasteiger partial charge in [0, 0.05) is 18.8 Å². The van der Waals surface area contributed by atoms with Crippen molar-refractivity contribution in [3.8, 4) is 0 Å². The minimum Gasteiger partial charge on any atom is -0.353 e. The van der Waals surface area contributed by atoms with E-state index in [1.807, 2.05) is 0 Å². The van der Waals surface area contributed by atoms with Crippen LogP contribution < -0.4 is 10.6 Å². The Labute approximate surface area is 94.5 Å². The molecule has 1 aliphatic heterocycles. The summed E-state index contributed by atoms with van der Waals surface area (Å²) in [5.74, 6) is 0.606. The number of anilines is 1. The molecule has 0 aromatic carbocycles. The lowest BCUT2D eigenvalue weighted by Gasteiger charge is -2.23. The zero-order chi connectivity index (χ0) is 10.5. The second kappa shape index (κ2) is 5.28. The first-order valence-corrected chi connectivity index (χ1v) is 5.68. The van der Waals surface area contributed by atoms with Crippen LogP contribution in [-0.2, 0) is 0 Å². The van der Waals surface area contributed by atoms with Crippen molar-refractivity contribution in [3.63, 3.8) is 0 Å². The maximum atomic E-state index is 5.76. The van der Waals surface area contributed by atoms with E-state index in [0.717, 1.165) is 13.1 Å². The summed E-state index contributed by atoms with van der Waals surface area (Å²) in [6, 6.07) is 2.20. The van der Waals surface area contributed by atoms with Gasteiger partial charge in [-0.3, -0.25) is 0 Å². The molecule has 2 rings (SSSR count). The molecule has 1 fully saturated rings. The van der Waals surface area contributed by atoms with E-state index in [-0.39, 0.29) is 0 Å². The average Bonchev–Trinajstić information content (AvgIpc) is 2.28. The van der Waals surface area contributed by atoms with Crippen molar-refractivity contribution in [2.24, 2.45) is 0 Å². The van der Waals surface area contributed by atoms with Crippen molar-refractivity contribution in [3.05, 3.63) is 17.4 Å². The SMILES string of the molecule is Clc1ccnc(NC[C@H]2CCCCN2)n1. The van der Waals surface area contributed by atoms with E-state index in [4.69, 9.17) is 11.6 Å². The highest BCUT2D eigenvalue weighted by molar-refractivity contribution is 6.29. The number of aromatic nitrogens is 2. The van der Waals surface area contributed by atoms with E-state index >= 15 is 0 Å². The van der Waals surface area contributed by atoms with Crippen molar-refractivity contribution in [1.29, 1.82) is 0 Å². The van der Waals surface area contributed by atoms with Crippen molar-refractivity contribution in [2.45, 2.75) is 25.3 Å². The standard InChI is InChI=1S/C10H15ClN4/c11-9-4-6-13-10(15-9)14-7-8-3-1-2-5-12-8/h4,6,8,12H,1-3,5,7H2,(H,13,14,15)/t8-/m1/s1. The molecule has 1 saturated heterocycles. The predicted molar refractivity (Wildman–Crippen MR) is 61.2 cm³/mol. The number of hydrogen-bond acceptors (Lipinski definition) is 4. The lowest BCUT2D eigenvalue weighted by Crippen LogP contribution is -2.39. The first-order chi connectivity index (χ1) is 7.34. The quantitative estimate of drug-likeness (QED) is 0.771. The maximum Gasteiger partial charge on any atom is 0.224 e. The van der Waals surface area contributed by atoms with Gasteiger partial charge in [0.25, 0.3) is 0 Å². The number of nitrogens with one attached hydrogen (secondary N) is 2. The third kappa shape index (κ3) is 3.32. The van der Waals surface area contributed by atoms with Gasteiger partial charge in [-0.05, 0) is 25.5 Å². The zero-order valence-electron chi connectivity index (χ0n) is 8.54. The first-order valence-electron chi connectivity index (χ1n) is 5.30. The molecule has 1 aromatic heterocycles. The number of halogens is 1. The average molecular weight is 227 g/mol. The van der Waals surface area contributed by atoms with Crippen LogP contribution in [0, 0.1) is 0 Å². The van der Waals surface area contributed by atoms with Gasteiger partial charge in [-0.1, -0.05) is 18.0 Å². The Morgan fingerprint density at radius 1 is 1.53 bits per heavy atom. The summed E-state index contributed by atoms with van der Waals surface area (Å²) in [7, 11) is 0. The highest BCUT2D eigenvalue weighted by Crippen LogP contribution is 2.09. The van der Waals surface area contributed by atoms with Crippen molar-refractivity contribution in [2.75, 3.05) is 18.4 Å². The van der Waals surface area contributed by atoms with Crippen LogP contribution in [0.2, 0.25) is 5.15 Å². The highest BCUT2D eigenvalue weighted by atomic mass is 35.5. The zero-order valence-corrected chi connectivity index (χ0v) is 9.30. The van der Waals surface area contributed by atoms with Gasteiger partial charge in [-0.25, -0.2) is 9.97 Å². The molecule has 1 aliphatic rings. The monoisotopic (exact) mass is 226 g/mol. The third-order valence-electron chi connectivity index (χ3n) is 2.54. The van der Waals surface area contributed by atoms with Crippen LogP contribution in [0.1, 0.15) is 19.3 Å². The van der Waals surface area contributed by atoms with Crippen LogP contribution in [0.25, 0.3) is 0 Å². The summed E-state index contributed by atoms with van der Waals surface area (Å²) < 4.78 is 0. The van der Waals surface area contributed by atoms with E-state index in [9.17, 15) is 0 Å². The van der Waals surface area contributed by atoms with E-state index in [1.165, 1.54) is 19.3 Å². The lowest BCUT2D eigenvalue weighted by molar-refractivity contribution is 0.413. The minimum atomic E-state index is 0.476. The van der Waals surface area contributed by atoms with Crippen molar-refractivity contribution >= 4 is 17.5 Å². The van der Waals surface area contributed by atoms with Crippen molar-refractivity contribution < 1.29 is 0 Å². The Hall–Kier alpha value is -0.870. The summed E-state index contributed by atoms with van der Waals surface area (Å²) in [4.78, 5) is 8.16. The fourth-order valence-electron chi connectivity index (χ4n) is 1.73. The second-order valence-electron chi connectivity index (χ2n) is 3.73. The molecule has 4 nitrogen and oxygen atoms in total. The van der Waals surface area contributed by atoms with Gasteiger partial charge in [-0.2, -0.15) is 0 Å². The fraction of sp³-hybridized carbons (Fsp3) is 0.600. The highest BCUT2D eigenvalue weighted by Gasteiger charge is 2.12. The van der Waals surface area contributed by atoms with Gasteiger partial charge < -0.3 is 10.6 Å². The molecule has 0 bridgehead atoms. The van der Waals surface area contributed by atoms with E-state index in [0.29, 0.717) is 17.1 Å². The molecular formula is C10H15ClN4. The van der Waals surface area contributed by atoms with Gasteiger partial charge in [0.1, 0.15) is 5.15 Å². The topological polar surface area (TPSA) is 49.8 Å². The number of rotatable bonds is 3. The summed E-state index contributed by atoms with van der Waals surface area (Å²) in [5, 5.41) is 7.11. The summed E-state index contributed by atoms with van der Waals surface area (Å²) in [6.07, 6.45) is 5.46. The van der Waals surface area contributed by atoms with E-state index < -0.39 is 0 Å². The Morgan fingerprint density at radius 3 is 3.20 bits per heavy atom. The summed E-state index contributed by atoms with van der Waals surface area (Å²) >= 11 is 5.76. The van der Waals surface area contributed by atoms with Gasteiger partial charge in [0.2, 0.25) is 5.95 Å². The number of hydrogen-bond donors (Lipinski definition) is 2. The number of piperidine rings is 1. The smallest absolute Gasteiger partial charge is 0.224 e. The minimum absolute atomic E-state index is 0.476. The maximum absolute atomic E-state index is 5.76. The molecule has 2 N–H and O–H groups in total. The Morgan fingerprint density at radius 2 is 2.47 bits per heavy atom. The molecule has 0 spiro atoms. The van der Waals surface area contributed by atoms with Crippen LogP contribution in [0.3, 0.4) is 0 Å². The van der Waals surface area contributed by atoms with Gasteiger partial charge in [0.15, 0.2) is 0 Å². The molecule has 1 atom stereocenters. The molecule has 0 unspecified atom stereocenters. The Kier molecular flexibility index (Phi) is 3.75. The molecule has 0 aliphatic carbocycles. The molecule has 15 heavy (non-hydrogen) atoms. The first kappa shape index (κ1) is 10.6. The molecule has 2 heterocycles. The summed E-state index contributed by atoms with van der Waals surface area (Å²) in [5.41, 5.74) is 0. The van der Waals surface area contributed by atoms with Crippen LogP contribution in [0.15, 0.2) is 12.3 Å². The molecule has 82 valence electrons. The van der Waals surface area contributed by atoms with Crippen LogP contribution in [0.4, 0.5) is 5.95 Å². The Bertz CT molecular complexity index is 312. The third-order valence-corrected chi connectivity index (χ3v) is 2.75. The predicted octanol–water partition coefficient (Wildman–Crippen LogP) is 1.68. The normalized spacial score (nSPS) is 21.3. The van der Waals surface area contributed by atoms with Crippen molar-refractivity contribution in [1.82, 2.24) is 15.3 Å².